The van der Waals surface area contributed by atoms with Crippen LogP contribution in [0.5, 0.6) is 0 Å². The lowest BCUT2D eigenvalue weighted by atomic mass is 10.1. The van der Waals surface area contributed by atoms with E-state index in [1.54, 1.807) is 20.8 Å². The number of ether oxygens (including phenoxy) is 1. The van der Waals surface area contributed by atoms with Gasteiger partial charge in [0.1, 0.15) is 29.2 Å². The first-order chi connectivity index (χ1) is 12.6. The van der Waals surface area contributed by atoms with Crippen molar-refractivity contribution in [2.24, 2.45) is 5.73 Å². The molecule has 1 amide bonds. The van der Waals surface area contributed by atoms with Crippen LogP contribution in [-0.2, 0) is 4.74 Å². The molecule has 9 heteroatoms. The molecule has 1 saturated heterocycles. The molecule has 1 aliphatic heterocycles. The van der Waals surface area contributed by atoms with Crippen molar-refractivity contribution in [3.8, 4) is 6.07 Å². The van der Waals surface area contributed by atoms with E-state index in [1.807, 2.05) is 11.0 Å². The van der Waals surface area contributed by atoms with Gasteiger partial charge in [-0.15, -0.1) is 0 Å². The zero-order chi connectivity index (χ0) is 20.2. The number of hydrogen-bond acceptors (Lipinski definition) is 5. The van der Waals surface area contributed by atoms with Crippen LogP contribution < -0.4 is 10.6 Å². The third kappa shape index (κ3) is 5.81. The smallest absolute Gasteiger partial charge is 0.405 e. The average Bonchev–Trinajstić information content (AvgIpc) is 2.96. The maximum Gasteiger partial charge on any atom is 0.405 e. The largest absolute Gasteiger partial charge is 0.444 e. The fourth-order valence-electron chi connectivity index (χ4n) is 2.67. The number of alkyl halides is 1. The van der Waals surface area contributed by atoms with Gasteiger partial charge >= 0.3 is 6.09 Å². The summed E-state index contributed by atoms with van der Waals surface area (Å²) in [7, 11) is 0. The van der Waals surface area contributed by atoms with Gasteiger partial charge in [-0.2, -0.15) is 5.26 Å². The van der Waals surface area contributed by atoms with Crippen molar-refractivity contribution in [2.75, 3.05) is 18.0 Å². The second-order valence-electron chi connectivity index (χ2n) is 7.22. The monoisotopic (exact) mass is 379 g/mol. The summed E-state index contributed by atoms with van der Waals surface area (Å²) in [6.07, 6.45) is -0.544. The number of H-pyrrole nitrogens is 1. The Hall–Kier alpha value is -2.89. The van der Waals surface area contributed by atoms with E-state index >= 15 is 0 Å². The van der Waals surface area contributed by atoms with Gasteiger partial charge in [0, 0.05) is 13.1 Å². The van der Waals surface area contributed by atoms with Crippen LogP contribution in [0, 0.1) is 17.1 Å². The summed E-state index contributed by atoms with van der Waals surface area (Å²) >= 11 is 0. The van der Waals surface area contributed by atoms with E-state index in [9.17, 15) is 13.6 Å². The Labute approximate surface area is 156 Å². The number of nitrogens with one attached hydrogen (secondary N) is 1. The fraction of sp³-hybridized carbons (Fsp3) is 0.500. The second-order valence-corrected chi connectivity index (χ2v) is 7.22. The molecule has 3 N–H and O–H groups in total. The Morgan fingerprint density at radius 3 is 2.52 bits per heavy atom. The number of anilines is 1. The van der Waals surface area contributed by atoms with Crippen molar-refractivity contribution >= 4 is 23.1 Å². The maximum absolute atomic E-state index is 13.3. The highest BCUT2D eigenvalue weighted by atomic mass is 19.1. The molecule has 3 rings (SSSR count). The minimum atomic E-state index is -0.757. The number of nitrogens with zero attached hydrogens (tertiary/aromatic N) is 3. The number of aromatic amines is 1. The zero-order valence-corrected chi connectivity index (χ0v) is 15.6. The molecule has 1 aliphatic rings. The van der Waals surface area contributed by atoms with Crippen molar-refractivity contribution in [3.05, 3.63) is 23.5 Å². The molecule has 1 fully saturated rings. The number of carbonyl (C=O) groups excluding carboxylic acids is 1. The molecule has 0 atom stereocenters. The molecule has 1 aromatic carbocycles. The van der Waals surface area contributed by atoms with Crippen molar-refractivity contribution in [1.29, 1.82) is 5.26 Å². The molecule has 146 valence electrons. The molecule has 0 bridgehead atoms. The summed E-state index contributed by atoms with van der Waals surface area (Å²) in [6, 6.07) is 4.41. The minimum absolute atomic E-state index is 0.206. The number of imidazole rings is 1. The highest BCUT2D eigenvalue weighted by Crippen LogP contribution is 2.24. The van der Waals surface area contributed by atoms with Gasteiger partial charge in [-0.1, -0.05) is 0 Å². The van der Waals surface area contributed by atoms with E-state index in [0.29, 0.717) is 42.9 Å². The number of carbonyl (C=O) groups is 1. The average molecular weight is 379 g/mol. The molecule has 2 heterocycles. The molecule has 7 nitrogen and oxygen atoms in total. The summed E-state index contributed by atoms with van der Waals surface area (Å²) < 4.78 is 31.0. The first-order valence-corrected chi connectivity index (χ1v) is 8.56. The highest BCUT2D eigenvalue weighted by Gasteiger charge is 2.21. The Kier molecular flexibility index (Phi) is 6.20. The van der Waals surface area contributed by atoms with Crippen molar-refractivity contribution < 1.29 is 18.3 Å². The van der Waals surface area contributed by atoms with Crippen LogP contribution in [-0.4, -0.2) is 40.9 Å². The molecule has 0 unspecified atom stereocenters. The van der Waals surface area contributed by atoms with Crippen LogP contribution in [0.4, 0.5) is 19.5 Å². The van der Waals surface area contributed by atoms with Crippen molar-refractivity contribution in [2.45, 2.75) is 45.4 Å². The van der Waals surface area contributed by atoms with Gasteiger partial charge in [-0.25, -0.2) is 18.6 Å². The van der Waals surface area contributed by atoms with E-state index in [2.05, 4.69) is 14.7 Å². The number of rotatable bonds is 1. The third-order valence-electron chi connectivity index (χ3n) is 3.79. The molecule has 0 saturated carbocycles. The third-order valence-corrected chi connectivity index (χ3v) is 3.79. The quantitative estimate of drug-likeness (QED) is 0.789. The van der Waals surface area contributed by atoms with Gasteiger partial charge in [0.15, 0.2) is 0 Å². The van der Waals surface area contributed by atoms with Gasteiger partial charge in [-0.3, -0.25) is 0 Å². The number of piperidine rings is 1. The first kappa shape index (κ1) is 20.4. The molecular formula is C18H23F2N5O2. The lowest BCUT2D eigenvalue weighted by molar-refractivity contribution is 0.0600. The Bertz CT molecular complexity index is 846. The van der Waals surface area contributed by atoms with E-state index in [4.69, 9.17) is 11.0 Å². The Balaban J connectivity index is 0.000000279. The molecule has 27 heavy (non-hydrogen) atoms. The van der Waals surface area contributed by atoms with Gasteiger partial charge in [-0.05, 0) is 45.7 Å². The molecule has 1 aromatic heterocycles. The summed E-state index contributed by atoms with van der Waals surface area (Å²) in [4.78, 5) is 19.3. The molecule has 0 spiro atoms. The number of aromatic nitrogens is 2. The molecule has 2 aromatic rings. The minimum Gasteiger partial charge on any atom is -0.444 e. The molecule has 0 aliphatic carbocycles. The van der Waals surface area contributed by atoms with Crippen LogP contribution in [0.25, 0.3) is 11.0 Å². The van der Waals surface area contributed by atoms with Crippen LogP contribution in [0.2, 0.25) is 0 Å². The number of fused-ring (bicyclic) bond motifs is 1. The number of benzene rings is 1. The standard InChI is InChI=1S/C13H12F2N4.C5H11NO2/c14-9-1-3-19(4-2-9)13-17-11-6-10(15)5-8(7-16)12(11)18-13;1-5(2,3)8-4(6)7/h5-6,9H,1-4H2,(H,17,18);1-3H3,(H2,6,7). The summed E-state index contributed by atoms with van der Waals surface area (Å²) in [5.41, 5.74) is 5.43. The lowest BCUT2D eigenvalue weighted by Gasteiger charge is -2.28. The number of hydrogen-bond donors (Lipinski definition) is 2. The van der Waals surface area contributed by atoms with Gasteiger partial charge < -0.3 is 20.4 Å². The number of halogens is 2. The van der Waals surface area contributed by atoms with Crippen LogP contribution in [0.3, 0.4) is 0 Å². The predicted octanol–water partition coefficient (Wildman–Crippen LogP) is 3.39. The Morgan fingerprint density at radius 1 is 1.41 bits per heavy atom. The van der Waals surface area contributed by atoms with Gasteiger partial charge in [0.05, 0.1) is 11.1 Å². The number of nitriles is 1. The Morgan fingerprint density at radius 2 is 2.04 bits per heavy atom. The van der Waals surface area contributed by atoms with Crippen molar-refractivity contribution in [3.63, 3.8) is 0 Å². The lowest BCUT2D eigenvalue weighted by Crippen LogP contribution is -2.34. The maximum atomic E-state index is 13.3. The predicted molar refractivity (Wildman–Crippen MR) is 97.5 cm³/mol. The second kappa shape index (κ2) is 8.20. The van der Waals surface area contributed by atoms with E-state index in [-0.39, 0.29) is 5.56 Å². The van der Waals surface area contributed by atoms with Gasteiger partial charge in [0.2, 0.25) is 5.95 Å². The fourth-order valence-corrected chi connectivity index (χ4v) is 2.67. The van der Waals surface area contributed by atoms with Crippen LogP contribution in [0.15, 0.2) is 12.1 Å². The zero-order valence-electron chi connectivity index (χ0n) is 15.6. The van der Waals surface area contributed by atoms with E-state index in [1.165, 1.54) is 12.1 Å². The normalized spacial score (nSPS) is 15.0. The van der Waals surface area contributed by atoms with Crippen molar-refractivity contribution in [1.82, 2.24) is 9.97 Å². The summed E-state index contributed by atoms with van der Waals surface area (Å²) in [5.74, 6) is 0.103. The molecular weight excluding hydrogens is 356 g/mol. The first-order valence-electron chi connectivity index (χ1n) is 8.56. The highest BCUT2D eigenvalue weighted by molar-refractivity contribution is 5.83. The topological polar surface area (TPSA) is 108 Å². The number of primary amides is 1. The van der Waals surface area contributed by atoms with Crippen LogP contribution in [0.1, 0.15) is 39.2 Å². The molecule has 0 radical (unpaired) electrons. The van der Waals surface area contributed by atoms with Crippen LogP contribution >= 0.6 is 0 Å². The van der Waals surface area contributed by atoms with E-state index in [0.717, 1.165) is 0 Å². The van der Waals surface area contributed by atoms with Gasteiger partial charge in [0.25, 0.3) is 0 Å². The SMILES string of the molecule is CC(C)(C)OC(N)=O.N#Cc1cc(F)cc2[nH]c(N3CCC(F)CC3)nc12. The number of nitrogens with two attached hydrogens (primary N) is 1. The van der Waals surface area contributed by atoms with E-state index < -0.39 is 23.7 Å². The number of amides is 1. The summed E-state index contributed by atoms with van der Waals surface area (Å²) in [6.45, 7) is 6.43. The summed E-state index contributed by atoms with van der Waals surface area (Å²) in [5, 5.41) is 8.98.